The SMILES string of the molecule is CCOC(=O)N[C@@H]1CC[C@@H]2[C@H](Cc3ncccc3[C@H]2/C=C/c2ccc(-c3cccc(F)c3)cn2)C1. The Hall–Kier alpha value is -3.54. The minimum Gasteiger partial charge on any atom is -0.450 e. The van der Waals surface area contributed by atoms with E-state index >= 15 is 0 Å². The van der Waals surface area contributed by atoms with Crippen LogP contribution in [0.15, 0.2) is 67.0 Å². The molecule has 1 fully saturated rings. The van der Waals surface area contributed by atoms with Gasteiger partial charge >= 0.3 is 6.09 Å². The highest BCUT2D eigenvalue weighted by molar-refractivity contribution is 5.67. The van der Waals surface area contributed by atoms with Gasteiger partial charge in [0.05, 0.1) is 12.3 Å². The van der Waals surface area contributed by atoms with Gasteiger partial charge in [-0.25, -0.2) is 9.18 Å². The lowest BCUT2D eigenvalue weighted by atomic mass is 9.63. The third-order valence-corrected chi connectivity index (χ3v) is 7.26. The maximum absolute atomic E-state index is 13.6. The minimum atomic E-state index is -0.325. The number of rotatable bonds is 5. The highest BCUT2D eigenvalue weighted by Gasteiger charge is 2.40. The molecule has 2 aromatic heterocycles. The number of amides is 1. The zero-order valence-corrected chi connectivity index (χ0v) is 19.9. The number of carbonyl (C=O) groups is 1. The molecule has 1 saturated carbocycles. The Kier molecular flexibility index (Phi) is 6.89. The second kappa shape index (κ2) is 10.4. The molecular formula is C29H30FN3O2. The molecule has 0 spiro atoms. The molecule has 2 aliphatic carbocycles. The largest absolute Gasteiger partial charge is 0.450 e. The number of nitrogens with one attached hydrogen (secondary N) is 1. The van der Waals surface area contributed by atoms with Crippen molar-refractivity contribution in [2.24, 2.45) is 11.8 Å². The second-order valence-electron chi connectivity index (χ2n) is 9.41. The van der Waals surface area contributed by atoms with Gasteiger partial charge in [-0.3, -0.25) is 9.97 Å². The lowest BCUT2D eigenvalue weighted by molar-refractivity contribution is 0.128. The number of ether oxygens (including phenoxy) is 1. The monoisotopic (exact) mass is 471 g/mol. The number of carbonyl (C=O) groups excluding carboxylic acids is 1. The maximum Gasteiger partial charge on any atom is 0.407 e. The van der Waals surface area contributed by atoms with Gasteiger partial charge < -0.3 is 10.1 Å². The van der Waals surface area contributed by atoms with Gasteiger partial charge in [-0.2, -0.15) is 0 Å². The average Bonchev–Trinajstić information content (AvgIpc) is 2.87. The summed E-state index contributed by atoms with van der Waals surface area (Å²) in [4.78, 5) is 21.2. The standard InChI is InChI=1S/C29H30FN3O2/c1-2-35-29(34)33-24-11-12-25-21(16-24)17-28-27(7-4-14-31-28)26(25)13-10-23-9-8-20(18-32-23)19-5-3-6-22(30)15-19/h3-10,13-15,18,21,24-26H,2,11-12,16-17H2,1H3,(H,33,34)/b13-10+/t21-,24+,25+,26-/m0/s1. The highest BCUT2D eigenvalue weighted by Crippen LogP contribution is 2.47. The van der Waals surface area contributed by atoms with Crippen molar-refractivity contribution in [2.45, 2.75) is 44.6 Å². The van der Waals surface area contributed by atoms with E-state index in [1.807, 2.05) is 37.4 Å². The summed E-state index contributed by atoms with van der Waals surface area (Å²) >= 11 is 0. The summed E-state index contributed by atoms with van der Waals surface area (Å²) in [5, 5.41) is 3.04. The molecule has 3 aromatic rings. The van der Waals surface area contributed by atoms with E-state index in [-0.39, 0.29) is 23.9 Å². The summed E-state index contributed by atoms with van der Waals surface area (Å²) < 4.78 is 18.7. The Morgan fingerprint density at radius 2 is 2.06 bits per heavy atom. The van der Waals surface area contributed by atoms with Crippen LogP contribution >= 0.6 is 0 Å². The van der Waals surface area contributed by atoms with E-state index in [1.54, 1.807) is 12.3 Å². The molecule has 0 unspecified atom stereocenters. The molecule has 2 heterocycles. The summed E-state index contributed by atoms with van der Waals surface area (Å²) in [6.07, 6.45) is 11.5. The summed E-state index contributed by atoms with van der Waals surface area (Å²) in [5.41, 5.74) is 5.01. The molecule has 5 nitrogen and oxygen atoms in total. The first kappa shape index (κ1) is 23.2. The number of benzene rings is 1. The highest BCUT2D eigenvalue weighted by atomic mass is 19.1. The smallest absolute Gasteiger partial charge is 0.407 e. The predicted molar refractivity (Wildman–Crippen MR) is 134 cm³/mol. The number of halogens is 1. The van der Waals surface area contributed by atoms with Gasteiger partial charge in [0.2, 0.25) is 0 Å². The summed E-state index contributed by atoms with van der Waals surface area (Å²) in [6.45, 7) is 2.20. The summed E-state index contributed by atoms with van der Waals surface area (Å²) in [7, 11) is 0. The zero-order valence-electron chi connectivity index (χ0n) is 19.9. The van der Waals surface area contributed by atoms with Crippen LogP contribution in [0, 0.1) is 17.7 Å². The number of hydrogen-bond donors (Lipinski definition) is 1. The quantitative estimate of drug-likeness (QED) is 0.484. The fourth-order valence-corrected chi connectivity index (χ4v) is 5.66. The Morgan fingerprint density at radius 1 is 1.14 bits per heavy atom. The molecule has 1 amide bonds. The Labute approximate surface area is 205 Å². The van der Waals surface area contributed by atoms with Crippen molar-refractivity contribution in [2.75, 3.05) is 6.61 Å². The summed E-state index contributed by atoms with van der Waals surface area (Å²) in [6, 6.07) is 14.9. The first-order chi connectivity index (χ1) is 17.1. The molecule has 4 atom stereocenters. The molecule has 5 rings (SSSR count). The molecule has 0 aliphatic heterocycles. The van der Waals surface area contributed by atoms with E-state index in [9.17, 15) is 9.18 Å². The van der Waals surface area contributed by atoms with Crippen molar-refractivity contribution < 1.29 is 13.9 Å². The van der Waals surface area contributed by atoms with E-state index in [2.05, 4.69) is 28.5 Å². The number of pyridine rings is 2. The number of hydrogen-bond acceptors (Lipinski definition) is 4. The molecule has 2 aliphatic rings. The molecule has 180 valence electrons. The Bertz CT molecular complexity index is 1210. The topological polar surface area (TPSA) is 64.1 Å². The first-order valence-electron chi connectivity index (χ1n) is 12.4. The number of allylic oxidation sites excluding steroid dienone is 1. The van der Waals surface area contributed by atoms with Crippen LogP contribution in [-0.2, 0) is 11.2 Å². The van der Waals surface area contributed by atoms with Gasteiger partial charge in [0.1, 0.15) is 5.82 Å². The van der Waals surface area contributed by atoms with Crippen LogP contribution in [0.2, 0.25) is 0 Å². The van der Waals surface area contributed by atoms with E-state index in [0.29, 0.717) is 18.4 Å². The van der Waals surface area contributed by atoms with Crippen molar-refractivity contribution in [1.29, 1.82) is 0 Å². The first-order valence-corrected chi connectivity index (χ1v) is 12.4. The molecule has 35 heavy (non-hydrogen) atoms. The second-order valence-corrected chi connectivity index (χ2v) is 9.41. The fraction of sp³-hybridized carbons (Fsp3) is 0.345. The lowest BCUT2D eigenvalue weighted by Gasteiger charge is -2.43. The van der Waals surface area contributed by atoms with Gasteiger partial charge in [0, 0.05) is 35.6 Å². The van der Waals surface area contributed by atoms with Crippen LogP contribution in [0.5, 0.6) is 0 Å². The number of fused-ring (bicyclic) bond motifs is 2. The predicted octanol–water partition coefficient (Wildman–Crippen LogP) is 6.17. The van der Waals surface area contributed by atoms with E-state index in [4.69, 9.17) is 9.72 Å². The summed E-state index contributed by atoms with van der Waals surface area (Å²) in [5.74, 6) is 0.953. The molecular weight excluding hydrogens is 441 g/mol. The van der Waals surface area contributed by atoms with E-state index < -0.39 is 0 Å². The average molecular weight is 472 g/mol. The third kappa shape index (κ3) is 5.26. The zero-order chi connectivity index (χ0) is 24.2. The van der Waals surface area contributed by atoms with E-state index in [0.717, 1.165) is 48.2 Å². The van der Waals surface area contributed by atoms with Crippen molar-refractivity contribution >= 4 is 12.2 Å². The molecule has 0 radical (unpaired) electrons. The Morgan fingerprint density at radius 3 is 2.86 bits per heavy atom. The molecule has 1 N–H and O–H groups in total. The van der Waals surface area contributed by atoms with Crippen LogP contribution in [0.25, 0.3) is 17.2 Å². The van der Waals surface area contributed by atoms with Crippen LogP contribution in [0.3, 0.4) is 0 Å². The van der Waals surface area contributed by atoms with Crippen LogP contribution < -0.4 is 5.32 Å². The van der Waals surface area contributed by atoms with E-state index in [1.165, 1.54) is 17.7 Å². The molecule has 1 aromatic carbocycles. The van der Waals surface area contributed by atoms with Crippen molar-refractivity contribution in [3.8, 4) is 11.1 Å². The Balaban J connectivity index is 1.34. The fourth-order valence-electron chi connectivity index (χ4n) is 5.66. The van der Waals surface area contributed by atoms with Crippen molar-refractivity contribution in [1.82, 2.24) is 15.3 Å². The van der Waals surface area contributed by atoms with Crippen molar-refractivity contribution in [3.05, 3.63) is 89.8 Å². The van der Waals surface area contributed by atoms with Gasteiger partial charge in [-0.1, -0.05) is 30.3 Å². The van der Waals surface area contributed by atoms with Gasteiger partial charge in [0.25, 0.3) is 0 Å². The molecule has 0 bridgehead atoms. The van der Waals surface area contributed by atoms with Gasteiger partial charge in [-0.15, -0.1) is 0 Å². The van der Waals surface area contributed by atoms with Crippen LogP contribution in [-0.4, -0.2) is 28.7 Å². The normalized spacial score (nSPS) is 23.4. The van der Waals surface area contributed by atoms with Crippen LogP contribution in [0.1, 0.15) is 49.1 Å². The van der Waals surface area contributed by atoms with Gasteiger partial charge in [0.15, 0.2) is 0 Å². The van der Waals surface area contributed by atoms with Crippen LogP contribution in [0.4, 0.5) is 9.18 Å². The maximum atomic E-state index is 13.6. The number of nitrogens with zero attached hydrogens (tertiary/aromatic N) is 2. The molecule has 6 heteroatoms. The van der Waals surface area contributed by atoms with Crippen molar-refractivity contribution in [3.63, 3.8) is 0 Å². The molecule has 0 saturated heterocycles. The number of aromatic nitrogens is 2. The van der Waals surface area contributed by atoms with Gasteiger partial charge in [-0.05, 0) is 85.9 Å². The lowest BCUT2D eigenvalue weighted by Crippen LogP contribution is -2.44. The third-order valence-electron chi connectivity index (χ3n) is 7.26. The minimum absolute atomic E-state index is 0.141. The number of alkyl carbamates (subject to hydrolysis) is 1.